The van der Waals surface area contributed by atoms with Crippen molar-refractivity contribution in [1.29, 1.82) is 0 Å². The monoisotopic (exact) mass is 448 g/mol. The fourth-order valence-electron chi connectivity index (χ4n) is 3.89. The smallest absolute Gasteiger partial charge is 0.341 e. The summed E-state index contributed by atoms with van der Waals surface area (Å²) in [5.74, 6) is -0.116. The highest BCUT2D eigenvalue weighted by Gasteiger charge is 2.34. The van der Waals surface area contributed by atoms with E-state index < -0.39 is 10.9 Å². The number of carbonyl (C=O) groups excluding carboxylic acids is 2. The highest BCUT2D eigenvalue weighted by atomic mass is 32.1. The van der Waals surface area contributed by atoms with Crippen LogP contribution in [0.4, 0.5) is 10.7 Å². The first-order chi connectivity index (χ1) is 14.6. The lowest BCUT2D eigenvalue weighted by Gasteiger charge is -2.33. The average Bonchev–Trinajstić information content (AvgIpc) is 3.30. The molecule has 31 heavy (non-hydrogen) atoms. The zero-order valence-electron chi connectivity index (χ0n) is 18.3. The maximum atomic E-state index is 12.5. The van der Waals surface area contributed by atoms with E-state index in [0.29, 0.717) is 29.4 Å². The van der Waals surface area contributed by atoms with Gasteiger partial charge in [-0.15, -0.1) is 11.3 Å². The van der Waals surface area contributed by atoms with Crippen molar-refractivity contribution in [2.24, 2.45) is 11.3 Å². The molecule has 0 radical (unpaired) electrons. The predicted octanol–water partition coefficient (Wildman–Crippen LogP) is 4.21. The van der Waals surface area contributed by atoms with Gasteiger partial charge in [-0.2, -0.15) is 5.10 Å². The summed E-state index contributed by atoms with van der Waals surface area (Å²) in [5.41, 5.74) is 1.57. The van der Waals surface area contributed by atoms with Crippen LogP contribution < -0.4 is 5.32 Å². The summed E-state index contributed by atoms with van der Waals surface area (Å²) in [7, 11) is 1.35. The van der Waals surface area contributed by atoms with E-state index in [1.165, 1.54) is 35.5 Å². The lowest BCUT2D eigenvalue weighted by atomic mass is 9.72. The van der Waals surface area contributed by atoms with Gasteiger partial charge >= 0.3 is 11.7 Å². The molecule has 0 bridgehead atoms. The van der Waals surface area contributed by atoms with Crippen LogP contribution >= 0.6 is 11.3 Å². The first-order valence-electron chi connectivity index (χ1n) is 10.3. The standard InChI is InChI=1S/C21H28N4O5S/c1-21(2,3)13-7-8-15-16(10-13)31-19(18(15)20(27)30-4)23-17(26)6-5-9-24-12-14(11-22-24)25(28)29/h11-13H,5-10H2,1-4H3,(H,23,26)/t13-/m1/s1. The number of nitrogens with one attached hydrogen (secondary N) is 1. The van der Waals surface area contributed by atoms with Crippen LogP contribution in [0.5, 0.6) is 0 Å². The number of ether oxygens (including phenoxy) is 1. The SMILES string of the molecule is COC(=O)c1c(NC(=O)CCCn2cc([N+](=O)[O-])cn2)sc2c1CC[C@@H](C(C)(C)C)C2. The molecule has 9 nitrogen and oxygen atoms in total. The van der Waals surface area contributed by atoms with Gasteiger partial charge in [0, 0.05) is 17.8 Å². The van der Waals surface area contributed by atoms with Crippen molar-refractivity contribution in [2.45, 2.75) is 59.4 Å². The van der Waals surface area contributed by atoms with E-state index in [-0.39, 0.29) is 23.4 Å². The largest absolute Gasteiger partial charge is 0.465 e. The lowest BCUT2D eigenvalue weighted by molar-refractivity contribution is -0.385. The van der Waals surface area contributed by atoms with E-state index in [9.17, 15) is 19.7 Å². The Morgan fingerprint density at radius 3 is 2.77 bits per heavy atom. The minimum Gasteiger partial charge on any atom is -0.465 e. The second kappa shape index (κ2) is 9.17. The first kappa shape index (κ1) is 22.9. The minimum atomic E-state index is -0.507. The Hall–Kier alpha value is -2.75. The Morgan fingerprint density at radius 1 is 1.42 bits per heavy atom. The third kappa shape index (κ3) is 5.30. The molecule has 0 unspecified atom stereocenters. The van der Waals surface area contributed by atoms with E-state index >= 15 is 0 Å². The molecule has 1 atom stereocenters. The van der Waals surface area contributed by atoms with Crippen LogP contribution in [0.15, 0.2) is 12.4 Å². The molecule has 3 rings (SSSR count). The summed E-state index contributed by atoms with van der Waals surface area (Å²) >= 11 is 1.46. The third-order valence-corrected chi connectivity index (χ3v) is 6.92. The van der Waals surface area contributed by atoms with Crippen LogP contribution in [-0.2, 0) is 28.9 Å². The number of hydrogen-bond donors (Lipinski definition) is 1. The van der Waals surface area contributed by atoms with Gasteiger partial charge in [-0.05, 0) is 42.6 Å². The predicted molar refractivity (Wildman–Crippen MR) is 117 cm³/mol. The summed E-state index contributed by atoms with van der Waals surface area (Å²) in [6.07, 6.45) is 5.89. The molecule has 2 aromatic heterocycles. The Balaban J connectivity index is 1.67. The topological polar surface area (TPSA) is 116 Å². The molecular weight excluding hydrogens is 420 g/mol. The number of thiophene rings is 1. The molecule has 0 spiro atoms. The zero-order valence-corrected chi connectivity index (χ0v) is 19.1. The van der Waals surface area contributed by atoms with Gasteiger partial charge in [0.2, 0.25) is 5.91 Å². The molecule has 1 N–H and O–H groups in total. The fraction of sp³-hybridized carbons (Fsp3) is 0.571. The number of nitrogens with zero attached hydrogens (tertiary/aromatic N) is 3. The second-order valence-corrected chi connectivity index (χ2v) is 9.98. The summed E-state index contributed by atoms with van der Waals surface area (Å²) in [5, 5.41) is 18.1. The van der Waals surface area contributed by atoms with Crippen LogP contribution in [0.2, 0.25) is 0 Å². The number of fused-ring (bicyclic) bond motifs is 1. The highest BCUT2D eigenvalue weighted by molar-refractivity contribution is 7.17. The molecular formula is C21H28N4O5S. The molecule has 1 amide bonds. The second-order valence-electron chi connectivity index (χ2n) is 8.88. The van der Waals surface area contributed by atoms with E-state index in [1.807, 2.05) is 0 Å². The Bertz CT molecular complexity index is 989. The zero-order chi connectivity index (χ0) is 22.8. The quantitative estimate of drug-likeness (QED) is 0.385. The van der Waals surface area contributed by atoms with Gasteiger partial charge in [0.25, 0.3) is 0 Å². The number of esters is 1. The highest BCUT2D eigenvalue weighted by Crippen LogP contribution is 2.44. The van der Waals surface area contributed by atoms with Crippen molar-refractivity contribution in [3.63, 3.8) is 0 Å². The molecule has 168 valence electrons. The number of aryl methyl sites for hydroxylation is 1. The van der Waals surface area contributed by atoms with Crippen LogP contribution in [-0.4, -0.2) is 33.7 Å². The van der Waals surface area contributed by atoms with Crippen molar-refractivity contribution in [1.82, 2.24) is 9.78 Å². The molecule has 1 aliphatic carbocycles. The molecule has 0 fully saturated rings. The molecule has 0 saturated carbocycles. The Kier molecular flexibility index (Phi) is 6.78. The maximum absolute atomic E-state index is 12.5. The molecule has 0 aromatic carbocycles. The minimum absolute atomic E-state index is 0.0788. The fourth-order valence-corrected chi connectivity index (χ4v) is 5.22. The summed E-state index contributed by atoms with van der Waals surface area (Å²) in [4.78, 5) is 36.3. The maximum Gasteiger partial charge on any atom is 0.341 e. The number of aromatic nitrogens is 2. The molecule has 10 heteroatoms. The van der Waals surface area contributed by atoms with Crippen LogP contribution in [0.3, 0.4) is 0 Å². The van der Waals surface area contributed by atoms with Gasteiger partial charge in [-0.1, -0.05) is 20.8 Å². The molecule has 2 heterocycles. The van der Waals surface area contributed by atoms with Crippen molar-refractivity contribution in [3.8, 4) is 0 Å². The first-order valence-corrected chi connectivity index (χ1v) is 11.1. The lowest BCUT2D eigenvalue weighted by Crippen LogP contribution is -2.26. The van der Waals surface area contributed by atoms with Crippen LogP contribution in [0, 0.1) is 21.4 Å². The Morgan fingerprint density at radius 2 is 2.16 bits per heavy atom. The van der Waals surface area contributed by atoms with Crippen molar-refractivity contribution in [2.75, 3.05) is 12.4 Å². The van der Waals surface area contributed by atoms with Gasteiger partial charge in [-0.3, -0.25) is 19.6 Å². The Labute approximate surface area is 184 Å². The third-order valence-electron chi connectivity index (χ3n) is 5.75. The number of rotatable bonds is 7. The van der Waals surface area contributed by atoms with Gasteiger partial charge < -0.3 is 10.1 Å². The van der Waals surface area contributed by atoms with E-state index in [0.717, 1.165) is 29.7 Å². The van der Waals surface area contributed by atoms with Gasteiger partial charge in [-0.25, -0.2) is 4.79 Å². The molecule has 0 saturated heterocycles. The number of nitro groups is 1. The number of hydrogen-bond acceptors (Lipinski definition) is 7. The van der Waals surface area contributed by atoms with Crippen LogP contribution in [0.1, 0.15) is 60.8 Å². The van der Waals surface area contributed by atoms with Crippen molar-refractivity contribution < 1.29 is 19.2 Å². The van der Waals surface area contributed by atoms with Crippen LogP contribution in [0.25, 0.3) is 0 Å². The molecule has 2 aromatic rings. The number of methoxy groups -OCH3 is 1. The summed E-state index contributed by atoms with van der Waals surface area (Å²) < 4.78 is 6.43. The van der Waals surface area contributed by atoms with E-state index in [2.05, 4.69) is 31.2 Å². The number of carbonyl (C=O) groups is 2. The van der Waals surface area contributed by atoms with Gasteiger partial charge in [0.05, 0.1) is 17.6 Å². The number of anilines is 1. The summed E-state index contributed by atoms with van der Waals surface area (Å²) in [6, 6.07) is 0. The molecule has 0 aliphatic heterocycles. The van der Waals surface area contributed by atoms with Crippen molar-refractivity contribution >= 4 is 33.9 Å². The van der Waals surface area contributed by atoms with Gasteiger partial charge in [0.1, 0.15) is 17.4 Å². The molecule has 1 aliphatic rings. The number of amides is 1. The average molecular weight is 449 g/mol. The summed E-state index contributed by atoms with van der Waals surface area (Å²) in [6.45, 7) is 7.08. The van der Waals surface area contributed by atoms with Crippen molar-refractivity contribution in [3.05, 3.63) is 38.5 Å². The normalized spacial score (nSPS) is 15.9. The van der Waals surface area contributed by atoms with E-state index in [4.69, 9.17) is 4.74 Å². The van der Waals surface area contributed by atoms with E-state index in [1.54, 1.807) is 0 Å². The van der Waals surface area contributed by atoms with Gasteiger partial charge in [0.15, 0.2) is 0 Å².